The first-order chi connectivity index (χ1) is 19.3. The van der Waals surface area contributed by atoms with Crippen LogP contribution in [-0.2, 0) is 41.6 Å². The van der Waals surface area contributed by atoms with Crippen LogP contribution in [0.5, 0.6) is 5.75 Å². The second-order valence-corrected chi connectivity index (χ2v) is 9.36. The van der Waals surface area contributed by atoms with Gasteiger partial charge in [-0.15, -0.1) is 0 Å². The molecule has 0 saturated heterocycles. The minimum absolute atomic E-state index is 0.0309. The number of hydrogen-bond donors (Lipinski definition) is 8. The summed E-state index contributed by atoms with van der Waals surface area (Å²) in [5, 5.41) is 26.6. The van der Waals surface area contributed by atoms with Crippen LogP contribution in [0.4, 0.5) is 0 Å². The van der Waals surface area contributed by atoms with Gasteiger partial charge < -0.3 is 43.4 Å². The zero-order chi connectivity index (χ0) is 30.5. The Hall–Kier alpha value is -4.98. The summed E-state index contributed by atoms with van der Waals surface area (Å²) in [7, 11) is 0. The molecule has 14 heteroatoms. The van der Waals surface area contributed by atoms with E-state index in [4.69, 9.17) is 17.2 Å². The van der Waals surface area contributed by atoms with Gasteiger partial charge in [0.05, 0.1) is 12.5 Å². The molecule has 220 valence electrons. The highest BCUT2D eigenvalue weighted by molar-refractivity contribution is 5.95. The van der Waals surface area contributed by atoms with Crippen LogP contribution >= 0.6 is 0 Å². The number of rotatable bonds is 16. The van der Waals surface area contributed by atoms with E-state index in [9.17, 15) is 39.0 Å². The van der Waals surface area contributed by atoms with Gasteiger partial charge in [0.15, 0.2) is 0 Å². The third-order valence-electron chi connectivity index (χ3n) is 5.98. The summed E-state index contributed by atoms with van der Waals surface area (Å²) in [4.78, 5) is 73.5. The van der Waals surface area contributed by atoms with Gasteiger partial charge in [0.25, 0.3) is 0 Å². The van der Waals surface area contributed by atoms with Crippen molar-refractivity contribution in [2.75, 3.05) is 0 Å². The van der Waals surface area contributed by atoms with Crippen LogP contribution in [0.15, 0.2) is 54.6 Å². The average molecular weight is 571 g/mol. The number of carbonyl (C=O) groups excluding carboxylic acids is 5. The molecular weight excluding hydrogens is 536 g/mol. The van der Waals surface area contributed by atoms with Crippen molar-refractivity contribution in [2.45, 2.75) is 56.3 Å². The number of carbonyl (C=O) groups is 6. The Balaban J connectivity index is 2.28. The Morgan fingerprint density at radius 3 is 1.76 bits per heavy atom. The number of phenols is 1. The molecule has 0 aliphatic rings. The molecule has 2 aromatic carbocycles. The molecule has 4 atom stereocenters. The third kappa shape index (κ3) is 11.3. The fourth-order valence-corrected chi connectivity index (χ4v) is 3.82. The molecule has 11 N–H and O–H groups in total. The standard InChI is InChI=1S/C27H34N6O8/c28-18(14-23(30)36)24(37)31-19(10-11-22(29)35)25(38)32-20(12-16-6-8-17(34)9-7-16)26(39)33-21(27(40)41)13-15-4-2-1-3-5-15/h1-9,18-21,34H,10-14,28H2,(H2,29,35)(H2,30,36)(H,31,37)(H,32,38)(H,33,39)(H,40,41). The molecule has 14 nitrogen and oxygen atoms in total. The lowest BCUT2D eigenvalue weighted by molar-refractivity contribution is -0.142. The van der Waals surface area contributed by atoms with Crippen LogP contribution in [0, 0.1) is 0 Å². The zero-order valence-corrected chi connectivity index (χ0v) is 22.1. The van der Waals surface area contributed by atoms with Gasteiger partial charge in [-0.3, -0.25) is 24.0 Å². The van der Waals surface area contributed by atoms with Crippen LogP contribution in [0.25, 0.3) is 0 Å². The Morgan fingerprint density at radius 2 is 1.20 bits per heavy atom. The number of nitrogens with two attached hydrogens (primary N) is 3. The van der Waals surface area contributed by atoms with Crippen molar-refractivity contribution in [1.82, 2.24) is 16.0 Å². The van der Waals surface area contributed by atoms with Crippen molar-refractivity contribution in [3.05, 3.63) is 65.7 Å². The summed E-state index contributed by atoms with van der Waals surface area (Å²) in [5.74, 6) is -5.57. The molecule has 0 spiro atoms. The van der Waals surface area contributed by atoms with Crippen LogP contribution < -0.4 is 33.2 Å². The molecule has 0 aliphatic heterocycles. The molecule has 2 aromatic rings. The minimum Gasteiger partial charge on any atom is -0.508 e. The number of primary amides is 2. The van der Waals surface area contributed by atoms with Gasteiger partial charge in [0.2, 0.25) is 29.5 Å². The number of aliphatic carboxylic acids is 1. The summed E-state index contributed by atoms with van der Waals surface area (Å²) in [6.45, 7) is 0. The van der Waals surface area contributed by atoms with Crippen molar-refractivity contribution >= 4 is 35.5 Å². The van der Waals surface area contributed by atoms with E-state index in [0.29, 0.717) is 11.1 Å². The quantitative estimate of drug-likeness (QED) is 0.113. The van der Waals surface area contributed by atoms with Crippen molar-refractivity contribution in [3.8, 4) is 5.75 Å². The number of hydrogen-bond acceptors (Lipinski definition) is 8. The first-order valence-electron chi connectivity index (χ1n) is 12.6. The molecule has 0 saturated carbocycles. The fraction of sp³-hybridized carbons (Fsp3) is 0.333. The summed E-state index contributed by atoms with van der Waals surface area (Å²) in [5.41, 5.74) is 17.1. The smallest absolute Gasteiger partial charge is 0.326 e. The molecule has 2 rings (SSSR count). The predicted molar refractivity (Wildman–Crippen MR) is 146 cm³/mol. The Kier molecular flexibility index (Phi) is 12.2. The van der Waals surface area contributed by atoms with Gasteiger partial charge in [-0.2, -0.15) is 0 Å². The molecule has 0 fully saturated rings. The second-order valence-electron chi connectivity index (χ2n) is 9.36. The summed E-state index contributed by atoms with van der Waals surface area (Å²) < 4.78 is 0. The minimum atomic E-state index is -1.39. The van der Waals surface area contributed by atoms with E-state index in [0.717, 1.165) is 0 Å². The first-order valence-corrected chi connectivity index (χ1v) is 12.6. The lowest BCUT2D eigenvalue weighted by atomic mass is 10.0. The average Bonchev–Trinajstić information content (AvgIpc) is 2.91. The molecule has 0 aromatic heterocycles. The van der Waals surface area contributed by atoms with Crippen LogP contribution in [0.3, 0.4) is 0 Å². The van der Waals surface area contributed by atoms with Gasteiger partial charge in [-0.25, -0.2) is 4.79 Å². The predicted octanol–water partition coefficient (Wildman–Crippen LogP) is -1.82. The van der Waals surface area contributed by atoms with Crippen molar-refractivity contribution in [3.63, 3.8) is 0 Å². The van der Waals surface area contributed by atoms with Crippen molar-refractivity contribution in [2.24, 2.45) is 17.2 Å². The zero-order valence-electron chi connectivity index (χ0n) is 22.1. The number of benzene rings is 2. The molecule has 0 bridgehead atoms. The third-order valence-corrected chi connectivity index (χ3v) is 5.98. The largest absolute Gasteiger partial charge is 0.508 e. The van der Waals surface area contributed by atoms with E-state index in [-0.39, 0.29) is 31.4 Å². The Labute approximate surface area is 235 Å². The number of nitrogens with one attached hydrogen (secondary N) is 3. The number of carboxylic acid groups (broad SMARTS) is 1. The fourth-order valence-electron chi connectivity index (χ4n) is 3.82. The van der Waals surface area contributed by atoms with E-state index in [2.05, 4.69) is 16.0 Å². The molecule has 5 amide bonds. The molecule has 0 aliphatic carbocycles. The number of carboxylic acids is 1. The van der Waals surface area contributed by atoms with Gasteiger partial charge in [-0.1, -0.05) is 42.5 Å². The second kappa shape index (κ2) is 15.6. The molecule has 0 radical (unpaired) electrons. The topological polar surface area (TPSA) is 257 Å². The maximum Gasteiger partial charge on any atom is 0.326 e. The van der Waals surface area contributed by atoms with Gasteiger partial charge >= 0.3 is 5.97 Å². The van der Waals surface area contributed by atoms with E-state index < -0.39 is 66.1 Å². The van der Waals surface area contributed by atoms with Gasteiger partial charge in [-0.05, 0) is 29.7 Å². The SMILES string of the molecule is NC(=O)CCC(NC(=O)C(N)CC(N)=O)C(=O)NC(Cc1ccc(O)cc1)C(=O)NC(Cc1ccccc1)C(=O)O. The lowest BCUT2D eigenvalue weighted by Gasteiger charge is -2.25. The van der Waals surface area contributed by atoms with Crippen LogP contribution in [-0.4, -0.2) is 69.9 Å². The van der Waals surface area contributed by atoms with Gasteiger partial charge in [0.1, 0.15) is 23.9 Å². The van der Waals surface area contributed by atoms with Gasteiger partial charge in [0, 0.05) is 19.3 Å². The highest BCUT2D eigenvalue weighted by Crippen LogP contribution is 2.13. The Morgan fingerprint density at radius 1 is 0.683 bits per heavy atom. The van der Waals surface area contributed by atoms with E-state index >= 15 is 0 Å². The highest BCUT2D eigenvalue weighted by atomic mass is 16.4. The van der Waals surface area contributed by atoms with Crippen molar-refractivity contribution < 1.29 is 39.0 Å². The molecule has 41 heavy (non-hydrogen) atoms. The highest BCUT2D eigenvalue weighted by Gasteiger charge is 2.31. The summed E-state index contributed by atoms with van der Waals surface area (Å²) >= 11 is 0. The maximum atomic E-state index is 13.3. The number of aromatic hydroxyl groups is 1. The monoisotopic (exact) mass is 570 g/mol. The summed E-state index contributed by atoms with van der Waals surface area (Å²) in [6, 6.07) is 8.94. The van der Waals surface area contributed by atoms with E-state index in [1.807, 2.05) is 0 Å². The molecule has 0 heterocycles. The summed E-state index contributed by atoms with van der Waals surface area (Å²) in [6.07, 6.45) is -1.21. The van der Waals surface area contributed by atoms with Crippen molar-refractivity contribution in [1.29, 1.82) is 0 Å². The van der Waals surface area contributed by atoms with Crippen LogP contribution in [0.1, 0.15) is 30.4 Å². The van der Waals surface area contributed by atoms with Crippen LogP contribution in [0.2, 0.25) is 0 Å². The molecule has 4 unspecified atom stereocenters. The van der Waals surface area contributed by atoms with E-state index in [1.165, 1.54) is 24.3 Å². The normalized spacial score (nSPS) is 13.6. The Bertz CT molecular complexity index is 1240. The van der Waals surface area contributed by atoms with E-state index in [1.54, 1.807) is 30.3 Å². The first kappa shape index (κ1) is 32.2. The number of phenolic OH excluding ortho intramolecular Hbond substituents is 1. The lowest BCUT2D eigenvalue weighted by Crippen LogP contribution is -2.58. The number of amides is 5. The maximum absolute atomic E-state index is 13.3. The molecular formula is C27H34N6O8.